The van der Waals surface area contributed by atoms with Crippen LogP contribution in [0.2, 0.25) is 0 Å². The first kappa shape index (κ1) is 12.8. The van der Waals surface area contributed by atoms with Crippen LogP contribution in [-0.2, 0) is 0 Å². The van der Waals surface area contributed by atoms with Gasteiger partial charge in [-0.1, -0.05) is 25.7 Å². The molecular weight excluding hydrogens is 194 g/mol. The molecule has 0 saturated carbocycles. The second-order valence-corrected chi connectivity index (χ2v) is 3.60. The van der Waals surface area contributed by atoms with Crippen molar-refractivity contribution in [1.82, 2.24) is 38.5 Å². The average molecular weight is 217 g/mol. The smallest absolute Gasteiger partial charge is 0.0113 e. The van der Waals surface area contributed by atoms with E-state index in [4.69, 9.17) is 0 Å². The summed E-state index contributed by atoms with van der Waals surface area (Å²) in [6.07, 6.45) is 7.67. The Hall–Kier alpha value is -0.280. The monoisotopic (exact) mass is 217 g/mol. The number of hydrogen-bond donors (Lipinski definition) is 7. The number of rotatable bonds is 0. The molecule has 0 unspecified atom stereocenters. The van der Waals surface area contributed by atoms with E-state index in [-0.39, 0.29) is 0 Å². The van der Waals surface area contributed by atoms with Gasteiger partial charge in [-0.15, -0.1) is 0 Å². The third-order valence-electron chi connectivity index (χ3n) is 2.28. The molecule has 0 atom stereocenters. The predicted molar refractivity (Wildman–Crippen MR) is 59.4 cm³/mol. The highest BCUT2D eigenvalue weighted by atomic mass is 15.9. The minimum absolute atomic E-state index is 0.973. The van der Waals surface area contributed by atoms with Crippen LogP contribution >= 0.6 is 0 Å². The van der Waals surface area contributed by atoms with Gasteiger partial charge in [-0.2, -0.15) is 27.7 Å². The topological polar surface area (TPSA) is 84.2 Å². The van der Waals surface area contributed by atoms with Gasteiger partial charge in [0.05, 0.1) is 0 Å². The lowest BCUT2D eigenvalue weighted by atomic mass is 10.1. The summed E-state index contributed by atoms with van der Waals surface area (Å²) in [5.41, 5.74) is 19.9. The highest BCUT2D eigenvalue weighted by molar-refractivity contribution is 4.48. The fraction of sp³-hybridized carbons (Fsp3) is 1.00. The van der Waals surface area contributed by atoms with Crippen molar-refractivity contribution < 1.29 is 0 Å². The summed E-state index contributed by atoms with van der Waals surface area (Å²) in [6.45, 7) is 1.95. The second kappa shape index (κ2) is 10.2. The summed E-state index contributed by atoms with van der Waals surface area (Å²) in [5.74, 6) is 0. The molecule has 0 aliphatic carbocycles. The van der Waals surface area contributed by atoms with Gasteiger partial charge in [0.1, 0.15) is 0 Å². The molecule has 7 N–H and O–H groups in total. The largest absolute Gasteiger partial charge is 0.243 e. The molecule has 15 heavy (non-hydrogen) atoms. The quantitative estimate of drug-likeness (QED) is 0.279. The average Bonchev–Trinajstić information content (AvgIpc) is 2.27. The maximum absolute atomic E-state index is 3.04. The summed E-state index contributed by atoms with van der Waals surface area (Å²) < 4.78 is 0. The molecule has 0 aromatic heterocycles. The first-order chi connectivity index (χ1) is 7.50. The minimum atomic E-state index is 0.973. The Kier molecular flexibility index (Phi) is 8.73. The van der Waals surface area contributed by atoms with Gasteiger partial charge in [0.15, 0.2) is 0 Å². The standard InChI is InChI=1S/C8H23N7/c1-2-4-6-8-10-12-14-15-13-11-9-7-5-3-1/h9-15H,1-8H2. The van der Waals surface area contributed by atoms with Crippen molar-refractivity contribution in [2.45, 2.75) is 38.5 Å². The summed E-state index contributed by atoms with van der Waals surface area (Å²) in [7, 11) is 0. The molecule has 0 spiro atoms. The van der Waals surface area contributed by atoms with E-state index in [2.05, 4.69) is 38.5 Å². The van der Waals surface area contributed by atoms with Gasteiger partial charge in [0, 0.05) is 13.1 Å². The Morgan fingerprint density at radius 1 is 0.400 bits per heavy atom. The summed E-state index contributed by atoms with van der Waals surface area (Å²) in [5, 5.41) is 0. The normalized spacial score (nSPS) is 24.0. The molecule has 1 saturated heterocycles. The number of hydrogen-bond acceptors (Lipinski definition) is 7. The highest BCUT2D eigenvalue weighted by Crippen LogP contribution is 2.03. The van der Waals surface area contributed by atoms with Gasteiger partial charge < -0.3 is 0 Å². The lowest BCUT2D eigenvalue weighted by Gasteiger charge is -2.11. The van der Waals surface area contributed by atoms with Crippen molar-refractivity contribution in [3.63, 3.8) is 0 Å². The molecule has 0 radical (unpaired) electrons. The lowest BCUT2D eigenvalue weighted by molar-refractivity contribution is 0.272. The zero-order valence-electron chi connectivity index (χ0n) is 9.16. The van der Waals surface area contributed by atoms with Crippen molar-refractivity contribution in [2.75, 3.05) is 13.1 Å². The van der Waals surface area contributed by atoms with Gasteiger partial charge in [-0.25, -0.2) is 10.9 Å². The zero-order chi connectivity index (χ0) is 10.6. The van der Waals surface area contributed by atoms with Crippen molar-refractivity contribution in [2.24, 2.45) is 0 Å². The second-order valence-electron chi connectivity index (χ2n) is 3.60. The Morgan fingerprint density at radius 3 is 1.33 bits per heavy atom. The fourth-order valence-corrected chi connectivity index (χ4v) is 1.44. The Bertz CT molecular complexity index is 73.6. The molecule has 0 aromatic carbocycles. The van der Waals surface area contributed by atoms with Crippen LogP contribution in [0.15, 0.2) is 0 Å². The summed E-state index contributed by atoms with van der Waals surface area (Å²) >= 11 is 0. The van der Waals surface area contributed by atoms with E-state index in [1.165, 1.54) is 38.5 Å². The third kappa shape index (κ3) is 8.70. The van der Waals surface area contributed by atoms with E-state index in [0.717, 1.165) is 13.1 Å². The van der Waals surface area contributed by atoms with Crippen LogP contribution in [0.1, 0.15) is 38.5 Å². The maximum Gasteiger partial charge on any atom is 0.0113 e. The van der Waals surface area contributed by atoms with E-state index in [9.17, 15) is 0 Å². The predicted octanol–water partition coefficient (Wildman–Crippen LogP) is -1.04. The number of hydrazine groups is 6. The van der Waals surface area contributed by atoms with E-state index in [0.29, 0.717) is 0 Å². The van der Waals surface area contributed by atoms with Crippen LogP contribution in [0.3, 0.4) is 0 Å². The van der Waals surface area contributed by atoms with Crippen molar-refractivity contribution in [3.05, 3.63) is 0 Å². The van der Waals surface area contributed by atoms with Gasteiger partial charge in [-0.3, -0.25) is 0 Å². The summed E-state index contributed by atoms with van der Waals surface area (Å²) in [6, 6.07) is 0. The SMILES string of the molecule is C1CCCCNNNNNNNCCC1. The van der Waals surface area contributed by atoms with Crippen LogP contribution in [0.4, 0.5) is 0 Å². The molecule has 90 valence electrons. The molecule has 0 bridgehead atoms. The van der Waals surface area contributed by atoms with Gasteiger partial charge >= 0.3 is 0 Å². The Labute approximate surface area is 91.0 Å². The molecule has 1 aliphatic heterocycles. The minimum Gasteiger partial charge on any atom is -0.243 e. The van der Waals surface area contributed by atoms with Crippen LogP contribution < -0.4 is 38.5 Å². The van der Waals surface area contributed by atoms with E-state index in [1.807, 2.05) is 0 Å². The molecule has 1 heterocycles. The lowest BCUT2D eigenvalue weighted by Crippen LogP contribution is -2.61. The van der Waals surface area contributed by atoms with Crippen LogP contribution in [-0.4, -0.2) is 13.1 Å². The fourth-order valence-electron chi connectivity index (χ4n) is 1.44. The first-order valence-corrected chi connectivity index (χ1v) is 5.71. The molecule has 0 amide bonds. The first-order valence-electron chi connectivity index (χ1n) is 5.71. The maximum atomic E-state index is 3.04. The van der Waals surface area contributed by atoms with Crippen molar-refractivity contribution in [1.29, 1.82) is 0 Å². The van der Waals surface area contributed by atoms with E-state index >= 15 is 0 Å². The third-order valence-corrected chi connectivity index (χ3v) is 2.28. The molecule has 7 nitrogen and oxygen atoms in total. The van der Waals surface area contributed by atoms with Crippen LogP contribution in [0.25, 0.3) is 0 Å². The zero-order valence-corrected chi connectivity index (χ0v) is 9.16. The van der Waals surface area contributed by atoms with Gasteiger partial charge in [0.25, 0.3) is 0 Å². The van der Waals surface area contributed by atoms with Crippen molar-refractivity contribution >= 4 is 0 Å². The highest BCUT2D eigenvalue weighted by Gasteiger charge is 1.92. The molecular formula is C8H23N7. The molecule has 1 fully saturated rings. The molecule has 1 rings (SSSR count). The van der Waals surface area contributed by atoms with Crippen LogP contribution in [0.5, 0.6) is 0 Å². The van der Waals surface area contributed by atoms with E-state index < -0.39 is 0 Å². The summed E-state index contributed by atoms with van der Waals surface area (Å²) in [4.78, 5) is 0. The Morgan fingerprint density at radius 2 is 0.800 bits per heavy atom. The molecule has 1 aliphatic rings. The molecule has 7 heteroatoms. The van der Waals surface area contributed by atoms with E-state index in [1.54, 1.807) is 0 Å². The number of nitrogens with one attached hydrogen (secondary N) is 7. The van der Waals surface area contributed by atoms with Crippen LogP contribution in [0, 0.1) is 0 Å². The van der Waals surface area contributed by atoms with Crippen molar-refractivity contribution in [3.8, 4) is 0 Å². The Balaban J connectivity index is 2.01. The van der Waals surface area contributed by atoms with Gasteiger partial charge in [0.2, 0.25) is 0 Å². The molecule has 0 aromatic rings. The van der Waals surface area contributed by atoms with Gasteiger partial charge in [-0.05, 0) is 12.8 Å².